The van der Waals surface area contributed by atoms with Crippen LogP contribution in [0.1, 0.15) is 30.1 Å². The van der Waals surface area contributed by atoms with Crippen molar-refractivity contribution in [3.05, 3.63) is 23.9 Å². The molecule has 3 heterocycles. The third-order valence-electron chi connectivity index (χ3n) is 4.24. The van der Waals surface area contributed by atoms with Crippen LogP contribution in [0.5, 0.6) is 0 Å². The second-order valence-corrected chi connectivity index (χ2v) is 5.54. The molecule has 3 rings (SSSR count). The van der Waals surface area contributed by atoms with Gasteiger partial charge in [0.1, 0.15) is 5.82 Å². The maximum Gasteiger partial charge on any atom is 0.254 e. The van der Waals surface area contributed by atoms with Crippen LogP contribution in [-0.4, -0.2) is 59.5 Å². The lowest BCUT2D eigenvalue weighted by molar-refractivity contribution is 0.0571. The number of amides is 1. The predicted molar refractivity (Wildman–Crippen MR) is 78.9 cm³/mol. The third-order valence-corrected chi connectivity index (χ3v) is 4.24. The summed E-state index contributed by atoms with van der Waals surface area (Å²) in [6.45, 7) is 6.76. The molecule has 0 bridgehead atoms. The van der Waals surface area contributed by atoms with Crippen molar-refractivity contribution in [2.24, 2.45) is 0 Å². The van der Waals surface area contributed by atoms with Crippen molar-refractivity contribution < 1.29 is 4.79 Å². The lowest BCUT2D eigenvalue weighted by atomic mass is 10.1. The summed E-state index contributed by atoms with van der Waals surface area (Å²) in [5.74, 6) is 0.913. The first-order chi connectivity index (χ1) is 9.78. The monoisotopic (exact) mass is 274 g/mol. The molecule has 0 aliphatic carbocycles. The lowest BCUT2D eigenvalue weighted by Gasteiger charge is -2.37. The second-order valence-electron chi connectivity index (χ2n) is 5.54. The van der Waals surface area contributed by atoms with E-state index < -0.39 is 0 Å². The molecule has 0 saturated carbocycles. The lowest BCUT2D eigenvalue weighted by Crippen LogP contribution is -2.52. The van der Waals surface area contributed by atoms with Crippen LogP contribution in [-0.2, 0) is 0 Å². The smallest absolute Gasteiger partial charge is 0.254 e. The zero-order valence-corrected chi connectivity index (χ0v) is 12.0. The molecule has 0 aromatic carbocycles. The second kappa shape index (κ2) is 5.79. The van der Waals surface area contributed by atoms with Gasteiger partial charge in [-0.1, -0.05) is 0 Å². The summed E-state index contributed by atoms with van der Waals surface area (Å²) in [6.07, 6.45) is 4.20. The van der Waals surface area contributed by atoms with Crippen LogP contribution in [0.4, 0.5) is 5.82 Å². The standard InChI is InChI=1S/C15H22N4O/c1-2-16-14-10-12(5-6-17-14)15(20)19-9-8-18-7-3-4-13(18)11-19/h5-6,10,13H,2-4,7-9,11H2,1H3,(H,16,17). The Balaban J connectivity index is 1.70. The number of pyridine rings is 1. The van der Waals surface area contributed by atoms with Crippen LogP contribution in [0.25, 0.3) is 0 Å². The molecular formula is C15H22N4O. The Morgan fingerprint density at radius 2 is 2.35 bits per heavy atom. The van der Waals surface area contributed by atoms with Gasteiger partial charge in [0.15, 0.2) is 0 Å². The summed E-state index contributed by atoms with van der Waals surface area (Å²) in [6, 6.07) is 4.24. The van der Waals surface area contributed by atoms with E-state index in [9.17, 15) is 4.79 Å². The number of hydrogen-bond acceptors (Lipinski definition) is 4. The Kier molecular flexibility index (Phi) is 3.87. The highest BCUT2D eigenvalue weighted by atomic mass is 16.2. The maximum absolute atomic E-state index is 12.6. The fraction of sp³-hybridized carbons (Fsp3) is 0.600. The van der Waals surface area contributed by atoms with Crippen LogP contribution >= 0.6 is 0 Å². The minimum Gasteiger partial charge on any atom is -0.370 e. The Hall–Kier alpha value is -1.62. The van der Waals surface area contributed by atoms with Crippen LogP contribution < -0.4 is 5.32 Å². The van der Waals surface area contributed by atoms with Crippen LogP contribution in [0, 0.1) is 0 Å². The first kappa shape index (κ1) is 13.4. The van der Waals surface area contributed by atoms with Gasteiger partial charge in [-0.15, -0.1) is 0 Å². The van der Waals surface area contributed by atoms with Gasteiger partial charge in [0.05, 0.1) is 0 Å². The number of aromatic nitrogens is 1. The van der Waals surface area contributed by atoms with Crippen LogP contribution in [0.2, 0.25) is 0 Å². The van der Waals surface area contributed by atoms with Gasteiger partial charge in [-0.2, -0.15) is 0 Å². The Morgan fingerprint density at radius 1 is 1.45 bits per heavy atom. The molecule has 2 aliphatic rings. The van der Waals surface area contributed by atoms with Crippen molar-refractivity contribution >= 4 is 11.7 Å². The molecule has 1 atom stereocenters. The van der Waals surface area contributed by atoms with E-state index >= 15 is 0 Å². The van der Waals surface area contributed by atoms with E-state index in [0.717, 1.165) is 37.6 Å². The van der Waals surface area contributed by atoms with Crippen molar-refractivity contribution in [3.8, 4) is 0 Å². The van der Waals surface area contributed by atoms with Gasteiger partial charge >= 0.3 is 0 Å². The molecule has 1 amide bonds. The minimum absolute atomic E-state index is 0.137. The number of carbonyl (C=O) groups excluding carboxylic acids is 1. The van der Waals surface area contributed by atoms with E-state index in [2.05, 4.69) is 15.2 Å². The van der Waals surface area contributed by atoms with Gasteiger partial charge in [0.25, 0.3) is 5.91 Å². The molecule has 5 nitrogen and oxygen atoms in total. The molecule has 1 N–H and O–H groups in total. The number of anilines is 1. The minimum atomic E-state index is 0.137. The highest BCUT2D eigenvalue weighted by molar-refractivity contribution is 5.95. The third kappa shape index (κ3) is 2.63. The van der Waals surface area contributed by atoms with Gasteiger partial charge in [-0.3, -0.25) is 9.69 Å². The van der Waals surface area contributed by atoms with Crippen molar-refractivity contribution in [1.29, 1.82) is 0 Å². The van der Waals surface area contributed by atoms with E-state index in [-0.39, 0.29) is 5.91 Å². The van der Waals surface area contributed by atoms with E-state index in [1.165, 1.54) is 19.4 Å². The molecule has 1 unspecified atom stereocenters. The normalized spacial score (nSPS) is 22.6. The first-order valence-corrected chi connectivity index (χ1v) is 7.51. The zero-order chi connectivity index (χ0) is 13.9. The summed E-state index contributed by atoms with van der Waals surface area (Å²) in [5.41, 5.74) is 0.738. The fourth-order valence-corrected chi connectivity index (χ4v) is 3.20. The molecule has 2 saturated heterocycles. The average Bonchev–Trinajstić information content (AvgIpc) is 2.94. The molecule has 108 valence electrons. The summed E-state index contributed by atoms with van der Waals surface area (Å²) < 4.78 is 0. The van der Waals surface area contributed by atoms with E-state index in [1.807, 2.05) is 24.0 Å². The zero-order valence-electron chi connectivity index (χ0n) is 12.0. The number of fused-ring (bicyclic) bond motifs is 1. The Morgan fingerprint density at radius 3 is 3.20 bits per heavy atom. The molecule has 0 radical (unpaired) electrons. The molecular weight excluding hydrogens is 252 g/mol. The number of rotatable bonds is 3. The van der Waals surface area contributed by atoms with Gasteiger partial charge < -0.3 is 10.2 Å². The van der Waals surface area contributed by atoms with Crippen LogP contribution in [0.15, 0.2) is 18.3 Å². The van der Waals surface area contributed by atoms with Gasteiger partial charge in [-0.05, 0) is 38.4 Å². The van der Waals surface area contributed by atoms with Gasteiger partial charge in [-0.25, -0.2) is 4.98 Å². The van der Waals surface area contributed by atoms with E-state index in [4.69, 9.17) is 0 Å². The highest BCUT2D eigenvalue weighted by Crippen LogP contribution is 2.22. The van der Waals surface area contributed by atoms with Crippen molar-refractivity contribution in [1.82, 2.24) is 14.8 Å². The molecule has 20 heavy (non-hydrogen) atoms. The van der Waals surface area contributed by atoms with Gasteiger partial charge in [0.2, 0.25) is 0 Å². The van der Waals surface area contributed by atoms with E-state index in [0.29, 0.717) is 6.04 Å². The van der Waals surface area contributed by atoms with Crippen LogP contribution in [0.3, 0.4) is 0 Å². The SMILES string of the molecule is CCNc1cc(C(=O)N2CCN3CCCC3C2)ccn1. The number of hydrogen-bond donors (Lipinski definition) is 1. The number of nitrogens with one attached hydrogen (secondary N) is 1. The largest absolute Gasteiger partial charge is 0.370 e. The summed E-state index contributed by atoms with van der Waals surface area (Å²) in [7, 11) is 0. The fourth-order valence-electron chi connectivity index (χ4n) is 3.20. The molecule has 2 fully saturated rings. The Labute approximate surface area is 120 Å². The molecule has 0 spiro atoms. The Bertz CT molecular complexity index is 491. The summed E-state index contributed by atoms with van der Waals surface area (Å²) >= 11 is 0. The molecule has 5 heteroatoms. The predicted octanol–water partition coefficient (Wildman–Crippen LogP) is 1.43. The topological polar surface area (TPSA) is 48.5 Å². The average molecular weight is 274 g/mol. The maximum atomic E-state index is 12.6. The van der Waals surface area contributed by atoms with Crippen molar-refractivity contribution in [2.75, 3.05) is 38.0 Å². The summed E-state index contributed by atoms with van der Waals surface area (Å²) in [5, 5.41) is 3.15. The molecule has 1 aromatic rings. The summed E-state index contributed by atoms with van der Waals surface area (Å²) in [4.78, 5) is 21.3. The number of nitrogens with zero attached hydrogens (tertiary/aromatic N) is 3. The van der Waals surface area contributed by atoms with Crippen molar-refractivity contribution in [2.45, 2.75) is 25.8 Å². The number of carbonyl (C=O) groups is 1. The molecule has 2 aliphatic heterocycles. The highest BCUT2D eigenvalue weighted by Gasteiger charge is 2.32. The first-order valence-electron chi connectivity index (χ1n) is 7.51. The molecule has 1 aromatic heterocycles. The quantitative estimate of drug-likeness (QED) is 0.906. The van der Waals surface area contributed by atoms with E-state index in [1.54, 1.807) is 6.20 Å². The van der Waals surface area contributed by atoms with Crippen molar-refractivity contribution in [3.63, 3.8) is 0 Å². The van der Waals surface area contributed by atoms with Gasteiger partial charge in [0, 0.05) is 44.0 Å². The number of piperazine rings is 1.